The van der Waals surface area contributed by atoms with Gasteiger partial charge in [0, 0.05) is 11.0 Å². The molecular formula is C13H18O2S. The zero-order valence-corrected chi connectivity index (χ0v) is 10.8. The van der Waals surface area contributed by atoms with Crippen molar-refractivity contribution in [3.8, 4) is 11.5 Å². The van der Waals surface area contributed by atoms with Gasteiger partial charge in [0.25, 0.3) is 0 Å². The van der Waals surface area contributed by atoms with E-state index in [4.69, 9.17) is 9.47 Å². The second-order valence-corrected chi connectivity index (χ2v) is 5.14. The van der Waals surface area contributed by atoms with E-state index in [-0.39, 0.29) is 6.10 Å². The maximum atomic E-state index is 5.87. The van der Waals surface area contributed by atoms with Gasteiger partial charge in [-0.1, -0.05) is 0 Å². The summed E-state index contributed by atoms with van der Waals surface area (Å²) in [6.45, 7) is 4.06. The number of hydrogen-bond donors (Lipinski definition) is 0. The first-order chi connectivity index (χ1) is 7.69. The molecule has 88 valence electrons. The second-order valence-electron chi connectivity index (χ2n) is 4.30. The Bertz CT molecular complexity index is 359. The first-order valence-electron chi connectivity index (χ1n) is 5.70. The minimum absolute atomic E-state index is 0.203. The summed E-state index contributed by atoms with van der Waals surface area (Å²) in [5.74, 6) is 1.86. The van der Waals surface area contributed by atoms with E-state index in [9.17, 15) is 0 Å². The molecule has 1 aliphatic rings. The van der Waals surface area contributed by atoms with Gasteiger partial charge in [-0.05, 0) is 45.1 Å². The van der Waals surface area contributed by atoms with Crippen molar-refractivity contribution in [1.82, 2.24) is 0 Å². The van der Waals surface area contributed by atoms with Crippen LogP contribution in [0.25, 0.3) is 0 Å². The Morgan fingerprint density at radius 2 is 2.06 bits per heavy atom. The number of ether oxygens (including phenoxy) is 2. The molecule has 0 radical (unpaired) electrons. The molecule has 0 aliphatic heterocycles. The Hall–Kier alpha value is -0.830. The molecule has 1 aromatic carbocycles. The Balaban J connectivity index is 2.15. The Morgan fingerprint density at radius 3 is 2.62 bits per heavy atom. The van der Waals surface area contributed by atoms with Gasteiger partial charge >= 0.3 is 0 Å². The van der Waals surface area contributed by atoms with Gasteiger partial charge in [-0.15, -0.1) is 11.8 Å². The molecule has 1 aliphatic carbocycles. The number of benzene rings is 1. The van der Waals surface area contributed by atoms with Crippen LogP contribution in [0.15, 0.2) is 23.1 Å². The van der Waals surface area contributed by atoms with Gasteiger partial charge < -0.3 is 9.47 Å². The molecule has 0 amide bonds. The summed E-state index contributed by atoms with van der Waals surface area (Å²) < 4.78 is 11.5. The van der Waals surface area contributed by atoms with E-state index < -0.39 is 0 Å². The highest BCUT2D eigenvalue weighted by Crippen LogP contribution is 2.36. The van der Waals surface area contributed by atoms with E-state index in [0.29, 0.717) is 6.10 Å². The molecule has 0 aromatic heterocycles. The van der Waals surface area contributed by atoms with Crippen LogP contribution in [-0.4, -0.2) is 18.5 Å². The molecular weight excluding hydrogens is 220 g/mol. The van der Waals surface area contributed by atoms with Crippen LogP contribution in [0.5, 0.6) is 11.5 Å². The van der Waals surface area contributed by atoms with Crippen molar-refractivity contribution in [3.63, 3.8) is 0 Å². The molecule has 1 saturated carbocycles. The number of thioether (sulfide) groups is 1. The lowest BCUT2D eigenvalue weighted by Gasteiger charge is -2.14. The van der Waals surface area contributed by atoms with Crippen LogP contribution >= 0.6 is 11.8 Å². The minimum atomic E-state index is 0.203. The van der Waals surface area contributed by atoms with Crippen LogP contribution in [0.1, 0.15) is 26.7 Å². The van der Waals surface area contributed by atoms with Crippen molar-refractivity contribution in [2.75, 3.05) is 6.26 Å². The molecule has 0 saturated heterocycles. The fourth-order valence-electron chi connectivity index (χ4n) is 1.46. The van der Waals surface area contributed by atoms with Crippen molar-refractivity contribution in [3.05, 3.63) is 18.2 Å². The minimum Gasteiger partial charge on any atom is -0.491 e. The topological polar surface area (TPSA) is 18.5 Å². The van der Waals surface area contributed by atoms with Gasteiger partial charge in [0.15, 0.2) is 0 Å². The molecule has 0 atom stereocenters. The first-order valence-corrected chi connectivity index (χ1v) is 6.93. The van der Waals surface area contributed by atoms with E-state index >= 15 is 0 Å². The average molecular weight is 238 g/mol. The Kier molecular flexibility index (Phi) is 3.64. The molecule has 1 aromatic rings. The zero-order chi connectivity index (χ0) is 11.5. The highest BCUT2D eigenvalue weighted by atomic mass is 32.2. The van der Waals surface area contributed by atoms with Crippen LogP contribution in [0.4, 0.5) is 0 Å². The normalized spacial score (nSPS) is 15.2. The van der Waals surface area contributed by atoms with Crippen LogP contribution in [0.2, 0.25) is 0 Å². The highest BCUT2D eigenvalue weighted by molar-refractivity contribution is 7.98. The molecule has 0 spiro atoms. The molecule has 2 rings (SSSR count). The summed E-state index contributed by atoms with van der Waals surface area (Å²) in [4.78, 5) is 1.18. The Labute approximate surface area is 101 Å². The first kappa shape index (κ1) is 11.6. The van der Waals surface area contributed by atoms with Gasteiger partial charge in [0.2, 0.25) is 0 Å². The standard InChI is InChI=1S/C13H18O2S/c1-9(2)14-11-6-7-13(16-3)12(8-11)15-10-4-5-10/h6-10H,4-5H2,1-3H3. The molecule has 0 unspecified atom stereocenters. The lowest BCUT2D eigenvalue weighted by molar-refractivity contribution is 0.238. The third-order valence-electron chi connectivity index (χ3n) is 2.32. The van der Waals surface area contributed by atoms with Gasteiger partial charge in [0.1, 0.15) is 11.5 Å². The zero-order valence-electron chi connectivity index (χ0n) is 10.0. The number of hydrogen-bond acceptors (Lipinski definition) is 3. The van der Waals surface area contributed by atoms with Crippen LogP contribution < -0.4 is 9.47 Å². The average Bonchev–Trinajstić information content (AvgIpc) is 3.01. The molecule has 2 nitrogen and oxygen atoms in total. The smallest absolute Gasteiger partial charge is 0.136 e. The molecule has 1 fully saturated rings. The molecule has 0 N–H and O–H groups in total. The summed E-state index contributed by atoms with van der Waals surface area (Å²) in [6, 6.07) is 6.08. The SMILES string of the molecule is CSc1ccc(OC(C)C)cc1OC1CC1. The fraction of sp³-hybridized carbons (Fsp3) is 0.538. The predicted molar refractivity (Wildman–Crippen MR) is 67.6 cm³/mol. The highest BCUT2D eigenvalue weighted by Gasteiger charge is 2.24. The van der Waals surface area contributed by atoms with Gasteiger partial charge in [-0.25, -0.2) is 0 Å². The van der Waals surface area contributed by atoms with Gasteiger partial charge in [-0.3, -0.25) is 0 Å². The molecule has 3 heteroatoms. The Morgan fingerprint density at radius 1 is 1.31 bits per heavy atom. The van der Waals surface area contributed by atoms with E-state index in [1.54, 1.807) is 11.8 Å². The molecule has 0 heterocycles. The van der Waals surface area contributed by atoms with Crippen molar-refractivity contribution < 1.29 is 9.47 Å². The van der Waals surface area contributed by atoms with Crippen LogP contribution in [0.3, 0.4) is 0 Å². The lowest BCUT2D eigenvalue weighted by Crippen LogP contribution is -2.06. The summed E-state index contributed by atoms with van der Waals surface area (Å²) >= 11 is 1.71. The van der Waals surface area contributed by atoms with E-state index in [0.717, 1.165) is 11.5 Å². The second kappa shape index (κ2) is 5.00. The van der Waals surface area contributed by atoms with Crippen molar-refractivity contribution in [1.29, 1.82) is 0 Å². The third-order valence-corrected chi connectivity index (χ3v) is 3.10. The molecule has 0 bridgehead atoms. The van der Waals surface area contributed by atoms with Gasteiger partial charge in [-0.2, -0.15) is 0 Å². The monoisotopic (exact) mass is 238 g/mol. The van der Waals surface area contributed by atoms with Gasteiger partial charge in [0.05, 0.1) is 12.2 Å². The lowest BCUT2D eigenvalue weighted by atomic mass is 10.3. The number of rotatable bonds is 5. The van der Waals surface area contributed by atoms with E-state index in [2.05, 4.69) is 12.3 Å². The summed E-state index contributed by atoms with van der Waals surface area (Å²) in [6.07, 6.45) is 5.07. The van der Waals surface area contributed by atoms with E-state index in [1.807, 2.05) is 26.0 Å². The quantitative estimate of drug-likeness (QED) is 0.728. The van der Waals surface area contributed by atoms with Crippen LogP contribution in [0, 0.1) is 0 Å². The molecule has 16 heavy (non-hydrogen) atoms. The van der Waals surface area contributed by atoms with Crippen LogP contribution in [-0.2, 0) is 0 Å². The van der Waals surface area contributed by atoms with E-state index in [1.165, 1.54) is 17.7 Å². The fourth-order valence-corrected chi connectivity index (χ4v) is 1.97. The maximum absolute atomic E-state index is 5.87. The predicted octanol–water partition coefficient (Wildman–Crippen LogP) is 3.74. The largest absolute Gasteiger partial charge is 0.491 e. The van der Waals surface area contributed by atoms with Crippen molar-refractivity contribution >= 4 is 11.8 Å². The van der Waals surface area contributed by atoms with Crippen molar-refractivity contribution in [2.45, 2.75) is 43.8 Å². The maximum Gasteiger partial charge on any atom is 0.136 e. The van der Waals surface area contributed by atoms with Crippen molar-refractivity contribution in [2.24, 2.45) is 0 Å². The third kappa shape index (κ3) is 3.08. The summed E-state index contributed by atoms with van der Waals surface area (Å²) in [5.41, 5.74) is 0. The summed E-state index contributed by atoms with van der Waals surface area (Å²) in [7, 11) is 0. The summed E-state index contributed by atoms with van der Waals surface area (Å²) in [5, 5.41) is 0.